The Morgan fingerprint density at radius 2 is 2.05 bits per heavy atom. The van der Waals surface area contributed by atoms with Crippen LogP contribution in [0, 0.1) is 13.8 Å². The summed E-state index contributed by atoms with van der Waals surface area (Å²) in [4.78, 5) is 16.0. The monoisotopic (exact) mass is 298 g/mol. The molecule has 3 aromatic heterocycles. The van der Waals surface area contributed by atoms with Crippen LogP contribution in [0.15, 0.2) is 24.4 Å². The molecule has 0 aliphatic carbocycles. The summed E-state index contributed by atoms with van der Waals surface area (Å²) in [6.07, 6.45) is 2.86. The van der Waals surface area contributed by atoms with Crippen LogP contribution in [0.25, 0.3) is 21.7 Å². The minimum absolute atomic E-state index is 0.687. The summed E-state index contributed by atoms with van der Waals surface area (Å²) in [5, 5.41) is 4.50. The minimum Gasteiger partial charge on any atom is -0.369 e. The van der Waals surface area contributed by atoms with Gasteiger partial charge in [-0.15, -0.1) is 11.3 Å². The van der Waals surface area contributed by atoms with E-state index in [2.05, 4.69) is 47.1 Å². The number of aryl methyl sites for hydroxylation is 2. The molecule has 0 aliphatic heterocycles. The van der Waals surface area contributed by atoms with Crippen LogP contribution in [-0.2, 0) is 0 Å². The van der Waals surface area contributed by atoms with Crippen molar-refractivity contribution in [1.82, 2.24) is 15.0 Å². The molecule has 0 spiro atoms. The molecule has 108 valence electrons. The summed E-state index contributed by atoms with van der Waals surface area (Å²) in [5.41, 5.74) is 1.98. The average molecular weight is 298 g/mol. The minimum atomic E-state index is 0.687. The van der Waals surface area contributed by atoms with Crippen molar-refractivity contribution >= 4 is 27.4 Å². The van der Waals surface area contributed by atoms with Gasteiger partial charge in [-0.2, -0.15) is 0 Å². The molecule has 0 aliphatic rings. The van der Waals surface area contributed by atoms with Crippen LogP contribution < -0.4 is 5.32 Å². The van der Waals surface area contributed by atoms with Crippen molar-refractivity contribution < 1.29 is 0 Å². The number of fused-ring (bicyclic) bond motifs is 1. The first kappa shape index (κ1) is 13.9. The van der Waals surface area contributed by atoms with Gasteiger partial charge in [0.05, 0.1) is 5.39 Å². The predicted octanol–water partition coefficient (Wildman–Crippen LogP) is 4.19. The van der Waals surface area contributed by atoms with E-state index in [0.717, 1.165) is 40.3 Å². The van der Waals surface area contributed by atoms with E-state index in [-0.39, 0.29) is 0 Å². The normalized spacial score (nSPS) is 11.0. The van der Waals surface area contributed by atoms with Gasteiger partial charge in [-0.25, -0.2) is 9.97 Å². The van der Waals surface area contributed by atoms with Crippen molar-refractivity contribution in [2.75, 3.05) is 11.9 Å². The molecule has 3 aromatic rings. The van der Waals surface area contributed by atoms with Crippen LogP contribution in [0.2, 0.25) is 0 Å². The summed E-state index contributed by atoms with van der Waals surface area (Å²) in [6.45, 7) is 7.20. The third-order valence-corrected chi connectivity index (χ3v) is 4.15. The van der Waals surface area contributed by atoms with Gasteiger partial charge in [-0.3, -0.25) is 4.98 Å². The lowest BCUT2D eigenvalue weighted by molar-refractivity contribution is 0.970. The Morgan fingerprint density at radius 1 is 1.19 bits per heavy atom. The van der Waals surface area contributed by atoms with Gasteiger partial charge in [0.15, 0.2) is 5.82 Å². The Hall–Kier alpha value is -2.01. The molecule has 3 heterocycles. The third kappa shape index (κ3) is 2.88. The number of aromatic nitrogens is 3. The summed E-state index contributed by atoms with van der Waals surface area (Å²) in [5.74, 6) is 1.59. The lowest BCUT2D eigenvalue weighted by Crippen LogP contribution is -2.04. The first-order valence-electron chi connectivity index (χ1n) is 7.12. The van der Waals surface area contributed by atoms with Crippen LogP contribution in [0.5, 0.6) is 0 Å². The lowest BCUT2D eigenvalue weighted by atomic mass is 10.2. The van der Waals surface area contributed by atoms with Crippen molar-refractivity contribution in [3.8, 4) is 11.5 Å². The molecular weight excluding hydrogens is 280 g/mol. The summed E-state index contributed by atoms with van der Waals surface area (Å²) in [7, 11) is 0. The maximum absolute atomic E-state index is 4.69. The first-order chi connectivity index (χ1) is 10.2. The quantitative estimate of drug-likeness (QED) is 0.784. The van der Waals surface area contributed by atoms with Gasteiger partial charge in [0.25, 0.3) is 0 Å². The van der Waals surface area contributed by atoms with E-state index >= 15 is 0 Å². The Balaban J connectivity index is 2.15. The van der Waals surface area contributed by atoms with Crippen LogP contribution >= 0.6 is 11.3 Å². The Kier molecular flexibility index (Phi) is 3.84. The molecule has 0 radical (unpaired) electrons. The number of nitrogens with zero attached hydrogens (tertiary/aromatic N) is 3. The molecular formula is C16H18N4S. The molecule has 4 nitrogen and oxygen atoms in total. The number of thiophene rings is 1. The van der Waals surface area contributed by atoms with Crippen LogP contribution in [0.1, 0.15) is 23.8 Å². The molecule has 0 saturated heterocycles. The molecule has 5 heteroatoms. The summed E-state index contributed by atoms with van der Waals surface area (Å²) < 4.78 is 0. The number of pyridine rings is 1. The van der Waals surface area contributed by atoms with E-state index in [1.165, 1.54) is 4.88 Å². The van der Waals surface area contributed by atoms with Crippen molar-refractivity contribution in [2.45, 2.75) is 27.2 Å². The Bertz CT molecular complexity index is 779. The predicted molar refractivity (Wildman–Crippen MR) is 88.9 cm³/mol. The van der Waals surface area contributed by atoms with Gasteiger partial charge >= 0.3 is 0 Å². The maximum atomic E-state index is 4.69. The highest BCUT2D eigenvalue weighted by Crippen LogP contribution is 2.30. The van der Waals surface area contributed by atoms with Crippen LogP contribution in [0.4, 0.5) is 5.82 Å². The maximum Gasteiger partial charge on any atom is 0.181 e. The first-order valence-corrected chi connectivity index (χ1v) is 7.94. The Labute approximate surface area is 128 Å². The largest absolute Gasteiger partial charge is 0.369 e. The smallest absolute Gasteiger partial charge is 0.181 e. The highest BCUT2D eigenvalue weighted by atomic mass is 32.1. The van der Waals surface area contributed by atoms with Crippen molar-refractivity contribution in [1.29, 1.82) is 0 Å². The molecule has 0 fully saturated rings. The zero-order chi connectivity index (χ0) is 14.8. The van der Waals surface area contributed by atoms with Crippen LogP contribution in [-0.4, -0.2) is 21.5 Å². The lowest BCUT2D eigenvalue weighted by Gasteiger charge is -2.08. The number of hydrogen-bond donors (Lipinski definition) is 1. The molecule has 0 unspecified atom stereocenters. The topological polar surface area (TPSA) is 50.7 Å². The highest BCUT2D eigenvalue weighted by molar-refractivity contribution is 7.18. The second kappa shape index (κ2) is 5.77. The SMILES string of the molecule is CCCNc1nc(-c2cc(C)ccn2)nc2sc(C)cc12. The van der Waals surface area contributed by atoms with E-state index in [0.29, 0.717) is 5.82 Å². The van der Waals surface area contributed by atoms with E-state index in [4.69, 9.17) is 0 Å². The zero-order valence-corrected chi connectivity index (χ0v) is 13.3. The fraction of sp³-hybridized carbons (Fsp3) is 0.312. The van der Waals surface area contributed by atoms with Crippen molar-refractivity contribution in [3.63, 3.8) is 0 Å². The number of hydrogen-bond acceptors (Lipinski definition) is 5. The molecule has 3 rings (SSSR count). The third-order valence-electron chi connectivity index (χ3n) is 3.20. The van der Waals surface area contributed by atoms with Gasteiger partial charge in [0, 0.05) is 17.6 Å². The second-order valence-electron chi connectivity index (χ2n) is 5.12. The van der Waals surface area contributed by atoms with Gasteiger partial charge in [-0.05, 0) is 44.0 Å². The second-order valence-corrected chi connectivity index (χ2v) is 6.35. The number of rotatable bonds is 4. The van der Waals surface area contributed by atoms with Crippen molar-refractivity contribution in [2.24, 2.45) is 0 Å². The van der Waals surface area contributed by atoms with E-state index in [1.807, 2.05) is 12.1 Å². The van der Waals surface area contributed by atoms with Gasteiger partial charge in [0.2, 0.25) is 0 Å². The van der Waals surface area contributed by atoms with E-state index < -0.39 is 0 Å². The summed E-state index contributed by atoms with van der Waals surface area (Å²) >= 11 is 1.69. The molecule has 0 bridgehead atoms. The van der Waals surface area contributed by atoms with E-state index in [9.17, 15) is 0 Å². The zero-order valence-electron chi connectivity index (χ0n) is 12.5. The van der Waals surface area contributed by atoms with E-state index in [1.54, 1.807) is 17.5 Å². The highest BCUT2D eigenvalue weighted by Gasteiger charge is 2.12. The van der Waals surface area contributed by atoms with Gasteiger partial charge in [-0.1, -0.05) is 6.92 Å². The molecule has 21 heavy (non-hydrogen) atoms. The Morgan fingerprint density at radius 3 is 2.81 bits per heavy atom. The summed E-state index contributed by atoms with van der Waals surface area (Å²) in [6, 6.07) is 6.14. The van der Waals surface area contributed by atoms with Crippen LogP contribution in [0.3, 0.4) is 0 Å². The standard InChI is InChI=1S/C16H18N4S/c1-4-6-18-14-12-9-11(3)21-16(12)20-15(19-14)13-8-10(2)5-7-17-13/h5,7-9H,4,6H2,1-3H3,(H,18,19,20). The fourth-order valence-electron chi connectivity index (χ4n) is 2.19. The average Bonchev–Trinajstić information content (AvgIpc) is 2.85. The number of nitrogens with one attached hydrogen (secondary N) is 1. The fourth-order valence-corrected chi connectivity index (χ4v) is 3.07. The van der Waals surface area contributed by atoms with Gasteiger partial charge < -0.3 is 5.32 Å². The molecule has 1 N–H and O–H groups in total. The van der Waals surface area contributed by atoms with Crippen molar-refractivity contribution in [3.05, 3.63) is 34.8 Å². The van der Waals surface area contributed by atoms with Gasteiger partial charge in [0.1, 0.15) is 16.3 Å². The number of anilines is 1. The molecule has 0 aromatic carbocycles. The molecule has 0 saturated carbocycles. The molecule has 0 atom stereocenters. The molecule has 0 amide bonds.